The van der Waals surface area contributed by atoms with Crippen molar-refractivity contribution in [3.05, 3.63) is 70.9 Å². The Morgan fingerprint density at radius 1 is 1.12 bits per heavy atom. The van der Waals surface area contributed by atoms with Crippen LogP contribution in [0.2, 0.25) is 0 Å². The van der Waals surface area contributed by atoms with Crippen LogP contribution in [0.25, 0.3) is 11.3 Å². The highest BCUT2D eigenvalue weighted by Crippen LogP contribution is 2.35. The Labute approximate surface area is 140 Å². The molecule has 1 aliphatic carbocycles. The summed E-state index contributed by atoms with van der Waals surface area (Å²) in [6.45, 7) is 2.07. The zero-order valence-electron chi connectivity index (χ0n) is 13.5. The minimum atomic E-state index is -0.208. The minimum absolute atomic E-state index is 0.208. The highest BCUT2D eigenvalue weighted by molar-refractivity contribution is 6.05. The Morgan fingerprint density at radius 2 is 1.92 bits per heavy atom. The van der Waals surface area contributed by atoms with Gasteiger partial charge in [0.05, 0.1) is 0 Å². The van der Waals surface area contributed by atoms with Gasteiger partial charge in [-0.25, -0.2) is 0 Å². The Hall–Kier alpha value is -2.88. The second-order valence-electron chi connectivity index (χ2n) is 5.96. The number of nitrogens with zero attached hydrogens (tertiary/aromatic N) is 1. The smallest absolute Gasteiger partial charge is 0.278 e. The van der Waals surface area contributed by atoms with Crippen molar-refractivity contribution in [2.45, 2.75) is 26.2 Å². The molecule has 24 heavy (non-hydrogen) atoms. The maximum Gasteiger partial charge on any atom is 0.278 e. The molecule has 120 valence electrons. The van der Waals surface area contributed by atoms with Gasteiger partial charge >= 0.3 is 0 Å². The predicted molar refractivity (Wildman–Crippen MR) is 93.1 cm³/mol. The largest absolute Gasteiger partial charge is 0.355 e. The van der Waals surface area contributed by atoms with Crippen LogP contribution in [-0.4, -0.2) is 11.1 Å². The third-order valence-electron chi connectivity index (χ3n) is 4.56. The molecule has 0 saturated heterocycles. The zero-order chi connectivity index (χ0) is 16.5. The van der Waals surface area contributed by atoms with Gasteiger partial charge in [0.2, 0.25) is 0 Å². The molecule has 3 aromatic rings. The lowest BCUT2D eigenvalue weighted by molar-refractivity contribution is 0.101. The molecule has 0 fully saturated rings. The number of carbonyl (C=O) groups excluding carboxylic acids is 1. The maximum absolute atomic E-state index is 12.7. The van der Waals surface area contributed by atoms with E-state index in [9.17, 15) is 4.79 Å². The van der Waals surface area contributed by atoms with E-state index in [2.05, 4.69) is 23.5 Å². The monoisotopic (exact) mass is 318 g/mol. The number of benzene rings is 2. The molecular weight excluding hydrogens is 300 g/mol. The van der Waals surface area contributed by atoms with E-state index in [4.69, 9.17) is 4.52 Å². The van der Waals surface area contributed by atoms with Crippen molar-refractivity contribution < 1.29 is 9.32 Å². The van der Waals surface area contributed by atoms with E-state index in [1.165, 1.54) is 5.56 Å². The molecule has 1 amide bonds. The third-order valence-corrected chi connectivity index (χ3v) is 4.56. The van der Waals surface area contributed by atoms with Crippen molar-refractivity contribution in [2.75, 3.05) is 5.32 Å². The lowest BCUT2D eigenvalue weighted by Crippen LogP contribution is -2.16. The summed E-state index contributed by atoms with van der Waals surface area (Å²) in [5.41, 5.74) is 5.51. The fourth-order valence-electron chi connectivity index (χ4n) is 3.28. The first kappa shape index (κ1) is 14.7. The first-order chi connectivity index (χ1) is 11.8. The molecule has 4 rings (SSSR count). The molecule has 1 heterocycles. The molecule has 0 radical (unpaired) electrons. The van der Waals surface area contributed by atoms with Gasteiger partial charge in [0.25, 0.3) is 5.91 Å². The molecule has 4 nitrogen and oxygen atoms in total. The van der Waals surface area contributed by atoms with Gasteiger partial charge in [-0.05, 0) is 36.5 Å². The number of aryl methyl sites for hydroxylation is 2. The van der Waals surface area contributed by atoms with Crippen LogP contribution in [0.1, 0.15) is 34.1 Å². The topological polar surface area (TPSA) is 55.1 Å². The molecule has 0 spiro atoms. The number of amides is 1. The van der Waals surface area contributed by atoms with Crippen molar-refractivity contribution in [1.82, 2.24) is 5.16 Å². The van der Waals surface area contributed by atoms with Gasteiger partial charge in [0.15, 0.2) is 11.5 Å². The summed E-state index contributed by atoms with van der Waals surface area (Å²) in [4.78, 5) is 12.7. The lowest BCUT2D eigenvalue weighted by Gasteiger charge is -2.14. The van der Waals surface area contributed by atoms with Gasteiger partial charge in [-0.3, -0.25) is 4.79 Å². The van der Waals surface area contributed by atoms with Crippen LogP contribution >= 0.6 is 0 Å². The first-order valence-corrected chi connectivity index (χ1v) is 8.24. The van der Waals surface area contributed by atoms with E-state index in [1.807, 2.05) is 42.5 Å². The normalized spacial score (nSPS) is 12.4. The number of hydrogen-bond acceptors (Lipinski definition) is 3. The van der Waals surface area contributed by atoms with Gasteiger partial charge in [0, 0.05) is 16.8 Å². The summed E-state index contributed by atoms with van der Waals surface area (Å²) < 4.78 is 5.52. The van der Waals surface area contributed by atoms with Gasteiger partial charge in [0.1, 0.15) is 0 Å². The van der Waals surface area contributed by atoms with E-state index in [-0.39, 0.29) is 5.91 Å². The van der Waals surface area contributed by atoms with E-state index in [0.29, 0.717) is 5.69 Å². The Kier molecular flexibility index (Phi) is 3.65. The van der Waals surface area contributed by atoms with Gasteiger partial charge in [-0.1, -0.05) is 54.5 Å². The van der Waals surface area contributed by atoms with E-state index in [1.54, 1.807) is 0 Å². The van der Waals surface area contributed by atoms with Crippen molar-refractivity contribution in [1.29, 1.82) is 0 Å². The molecule has 0 saturated carbocycles. The quantitative estimate of drug-likeness (QED) is 0.785. The first-order valence-electron chi connectivity index (χ1n) is 8.24. The summed E-state index contributed by atoms with van der Waals surface area (Å²) >= 11 is 0. The fourth-order valence-corrected chi connectivity index (χ4v) is 3.28. The molecule has 1 N–H and O–H groups in total. The Bertz CT molecular complexity index is 912. The molecule has 1 aliphatic rings. The molecule has 1 aromatic heterocycles. The zero-order valence-corrected chi connectivity index (χ0v) is 13.5. The van der Waals surface area contributed by atoms with Crippen LogP contribution in [0.4, 0.5) is 5.69 Å². The second kappa shape index (κ2) is 5.96. The number of hydrogen-bond donors (Lipinski definition) is 1. The summed E-state index contributed by atoms with van der Waals surface area (Å²) in [7, 11) is 0. The minimum Gasteiger partial charge on any atom is -0.355 e. The number of rotatable bonds is 3. The SMILES string of the molecule is CCc1ccccc1NC(=O)c1noc2c1CCc1ccccc1-2. The lowest BCUT2D eigenvalue weighted by atomic mass is 9.89. The molecule has 0 bridgehead atoms. The average Bonchev–Trinajstić information content (AvgIpc) is 3.07. The molecule has 0 atom stereocenters. The van der Waals surface area contributed by atoms with Crippen LogP contribution in [0, 0.1) is 0 Å². The van der Waals surface area contributed by atoms with Gasteiger partial charge < -0.3 is 9.84 Å². The molecule has 2 aromatic carbocycles. The molecule has 0 unspecified atom stereocenters. The number of para-hydroxylation sites is 1. The second-order valence-corrected chi connectivity index (χ2v) is 5.96. The van der Waals surface area contributed by atoms with Crippen LogP contribution in [-0.2, 0) is 19.3 Å². The van der Waals surface area contributed by atoms with Crippen molar-refractivity contribution in [3.8, 4) is 11.3 Å². The maximum atomic E-state index is 12.7. The average molecular weight is 318 g/mol. The van der Waals surface area contributed by atoms with Gasteiger partial charge in [-0.15, -0.1) is 0 Å². The van der Waals surface area contributed by atoms with Crippen LogP contribution in [0.3, 0.4) is 0 Å². The molecular formula is C20H18N2O2. The number of fused-ring (bicyclic) bond motifs is 3. The van der Waals surface area contributed by atoms with Crippen LogP contribution in [0.15, 0.2) is 53.1 Å². The Balaban J connectivity index is 1.67. The van der Waals surface area contributed by atoms with Crippen molar-refractivity contribution in [2.24, 2.45) is 0 Å². The molecule has 4 heteroatoms. The number of aromatic nitrogens is 1. The highest BCUT2D eigenvalue weighted by atomic mass is 16.5. The summed E-state index contributed by atoms with van der Waals surface area (Å²) in [5, 5.41) is 7.04. The Morgan fingerprint density at radius 3 is 2.79 bits per heavy atom. The predicted octanol–water partition coefficient (Wildman–Crippen LogP) is 4.25. The van der Waals surface area contributed by atoms with Crippen LogP contribution < -0.4 is 5.32 Å². The summed E-state index contributed by atoms with van der Waals surface area (Å²) in [6.07, 6.45) is 2.53. The van der Waals surface area contributed by atoms with Crippen LogP contribution in [0.5, 0.6) is 0 Å². The van der Waals surface area contributed by atoms with E-state index in [0.717, 1.165) is 47.4 Å². The number of carbonyl (C=O) groups is 1. The fraction of sp³-hybridized carbons (Fsp3) is 0.200. The highest BCUT2D eigenvalue weighted by Gasteiger charge is 2.27. The summed E-state index contributed by atoms with van der Waals surface area (Å²) in [6, 6.07) is 15.9. The summed E-state index contributed by atoms with van der Waals surface area (Å²) in [5.74, 6) is 0.519. The van der Waals surface area contributed by atoms with E-state index < -0.39 is 0 Å². The van der Waals surface area contributed by atoms with Gasteiger partial charge in [-0.2, -0.15) is 0 Å². The van der Waals surface area contributed by atoms with Crippen molar-refractivity contribution >= 4 is 11.6 Å². The molecule has 0 aliphatic heterocycles. The van der Waals surface area contributed by atoms with Crippen molar-refractivity contribution in [3.63, 3.8) is 0 Å². The number of anilines is 1. The third kappa shape index (κ3) is 2.40. The number of nitrogens with one attached hydrogen (secondary N) is 1. The standard InChI is InChI=1S/C20H18N2O2/c1-2-13-7-4-6-10-17(13)21-20(23)18-16-12-11-14-8-3-5-9-15(14)19(16)24-22-18/h3-10H,2,11-12H2,1H3,(H,21,23). The van der Waals surface area contributed by atoms with E-state index >= 15 is 0 Å².